The highest BCUT2D eigenvalue weighted by atomic mass is 19.1. The van der Waals surface area contributed by atoms with Gasteiger partial charge in [-0.3, -0.25) is 0 Å². The first-order valence-electron chi connectivity index (χ1n) is 10.2. The number of aromatic amines is 1. The standard InChI is InChI=1S/C23H25FN4/c1-13(2)28-14(3)26-22-19(24)10-16(11-21(22)28)18-12-25-23-17(18)8-9-20(27-23)15-6-4-5-7-15/h8-13,15H,4-7H2,1-3H3,(H,25,27). The fourth-order valence-electron chi connectivity index (χ4n) is 4.78. The maximum Gasteiger partial charge on any atom is 0.151 e. The number of halogens is 1. The van der Waals surface area contributed by atoms with Crippen molar-refractivity contribution < 1.29 is 4.39 Å². The van der Waals surface area contributed by atoms with Crippen molar-refractivity contribution in [3.05, 3.63) is 47.8 Å². The number of H-pyrrole nitrogens is 1. The second kappa shape index (κ2) is 6.43. The molecule has 4 aromatic rings. The van der Waals surface area contributed by atoms with Crippen LogP contribution in [0.2, 0.25) is 0 Å². The molecule has 1 aliphatic rings. The number of rotatable bonds is 3. The van der Waals surface area contributed by atoms with Gasteiger partial charge in [-0.15, -0.1) is 0 Å². The topological polar surface area (TPSA) is 46.5 Å². The van der Waals surface area contributed by atoms with E-state index in [9.17, 15) is 4.39 Å². The minimum atomic E-state index is -0.278. The molecule has 0 bridgehead atoms. The van der Waals surface area contributed by atoms with Gasteiger partial charge in [0.05, 0.1) is 5.52 Å². The monoisotopic (exact) mass is 376 g/mol. The fourth-order valence-corrected chi connectivity index (χ4v) is 4.78. The first-order valence-corrected chi connectivity index (χ1v) is 10.2. The van der Waals surface area contributed by atoms with Crippen molar-refractivity contribution in [1.82, 2.24) is 19.5 Å². The molecule has 144 valence electrons. The minimum Gasteiger partial charge on any atom is -0.346 e. The van der Waals surface area contributed by atoms with E-state index in [1.165, 1.54) is 31.4 Å². The summed E-state index contributed by atoms with van der Waals surface area (Å²) < 4.78 is 17.0. The SMILES string of the molecule is Cc1nc2c(F)cc(-c3c[nH]c4nc(C5CCCC5)ccc34)cc2n1C(C)C. The van der Waals surface area contributed by atoms with E-state index >= 15 is 0 Å². The van der Waals surface area contributed by atoms with Gasteiger partial charge < -0.3 is 9.55 Å². The molecule has 4 nitrogen and oxygen atoms in total. The van der Waals surface area contributed by atoms with Crippen LogP contribution in [0.3, 0.4) is 0 Å². The zero-order valence-corrected chi connectivity index (χ0v) is 16.6. The molecule has 1 N–H and O–H groups in total. The van der Waals surface area contributed by atoms with Crippen LogP contribution in [0, 0.1) is 12.7 Å². The molecule has 0 unspecified atom stereocenters. The van der Waals surface area contributed by atoms with Gasteiger partial charge in [0.1, 0.15) is 17.0 Å². The molecule has 1 aliphatic carbocycles. The number of hydrogen-bond donors (Lipinski definition) is 1. The van der Waals surface area contributed by atoms with Crippen LogP contribution in [-0.2, 0) is 0 Å². The number of nitrogens with one attached hydrogen (secondary N) is 1. The summed E-state index contributed by atoms with van der Waals surface area (Å²) in [6, 6.07) is 8.14. The number of hydrogen-bond acceptors (Lipinski definition) is 2. The van der Waals surface area contributed by atoms with Gasteiger partial charge in [-0.05, 0) is 63.4 Å². The van der Waals surface area contributed by atoms with E-state index in [4.69, 9.17) is 4.98 Å². The first-order chi connectivity index (χ1) is 13.5. The Hall–Kier alpha value is -2.69. The van der Waals surface area contributed by atoms with E-state index in [2.05, 4.69) is 40.5 Å². The lowest BCUT2D eigenvalue weighted by molar-refractivity contribution is 0.600. The zero-order chi connectivity index (χ0) is 19.4. The summed E-state index contributed by atoms with van der Waals surface area (Å²) in [6.45, 7) is 6.12. The van der Waals surface area contributed by atoms with Crippen molar-refractivity contribution in [1.29, 1.82) is 0 Å². The third kappa shape index (κ3) is 2.64. The van der Waals surface area contributed by atoms with E-state index in [0.29, 0.717) is 11.4 Å². The number of aromatic nitrogens is 4. The zero-order valence-electron chi connectivity index (χ0n) is 16.6. The highest BCUT2D eigenvalue weighted by molar-refractivity contribution is 5.96. The highest BCUT2D eigenvalue weighted by Crippen LogP contribution is 2.36. The Morgan fingerprint density at radius 2 is 1.93 bits per heavy atom. The summed E-state index contributed by atoms with van der Waals surface area (Å²) in [4.78, 5) is 12.6. The summed E-state index contributed by atoms with van der Waals surface area (Å²) in [5.74, 6) is 1.14. The lowest BCUT2D eigenvalue weighted by Crippen LogP contribution is -2.02. The normalized spacial score (nSPS) is 15.5. The van der Waals surface area contributed by atoms with Gasteiger partial charge >= 0.3 is 0 Å². The molecule has 0 spiro atoms. The van der Waals surface area contributed by atoms with Crippen LogP contribution in [-0.4, -0.2) is 19.5 Å². The smallest absolute Gasteiger partial charge is 0.151 e. The summed E-state index contributed by atoms with van der Waals surface area (Å²) in [5.41, 5.74) is 5.18. The summed E-state index contributed by atoms with van der Waals surface area (Å²) >= 11 is 0. The average Bonchev–Trinajstić information content (AvgIpc) is 3.38. The molecule has 1 aromatic carbocycles. The quantitative estimate of drug-likeness (QED) is 0.458. The summed E-state index contributed by atoms with van der Waals surface area (Å²) in [7, 11) is 0. The third-order valence-electron chi connectivity index (χ3n) is 6.09. The third-order valence-corrected chi connectivity index (χ3v) is 6.09. The van der Waals surface area contributed by atoms with Crippen LogP contribution in [0.1, 0.15) is 63.0 Å². The fraction of sp³-hybridized carbons (Fsp3) is 0.391. The Labute approximate surface area is 163 Å². The van der Waals surface area contributed by atoms with Gasteiger partial charge in [0.15, 0.2) is 5.82 Å². The van der Waals surface area contributed by atoms with Crippen LogP contribution < -0.4 is 0 Å². The van der Waals surface area contributed by atoms with Crippen LogP contribution in [0.15, 0.2) is 30.5 Å². The predicted octanol–water partition coefficient (Wildman–Crippen LogP) is 6.27. The van der Waals surface area contributed by atoms with Crippen LogP contribution in [0.5, 0.6) is 0 Å². The van der Waals surface area contributed by atoms with E-state index in [1.807, 2.05) is 19.2 Å². The predicted molar refractivity (Wildman–Crippen MR) is 111 cm³/mol. The molecule has 1 fully saturated rings. The molecule has 0 atom stereocenters. The molecule has 5 heteroatoms. The largest absolute Gasteiger partial charge is 0.346 e. The molecule has 3 heterocycles. The van der Waals surface area contributed by atoms with Gasteiger partial charge in [0.2, 0.25) is 0 Å². The molecule has 28 heavy (non-hydrogen) atoms. The molecular formula is C23H25FN4. The number of aryl methyl sites for hydroxylation is 1. The first kappa shape index (κ1) is 17.4. The highest BCUT2D eigenvalue weighted by Gasteiger charge is 2.20. The molecule has 0 radical (unpaired) electrons. The molecule has 0 amide bonds. The van der Waals surface area contributed by atoms with Crippen molar-refractivity contribution in [2.45, 2.75) is 58.4 Å². The van der Waals surface area contributed by atoms with Crippen LogP contribution in [0.4, 0.5) is 4.39 Å². The molecular weight excluding hydrogens is 351 g/mol. The van der Waals surface area contributed by atoms with Crippen LogP contribution >= 0.6 is 0 Å². The van der Waals surface area contributed by atoms with Gasteiger partial charge in [-0.1, -0.05) is 12.8 Å². The Bertz CT molecular complexity index is 1180. The van der Waals surface area contributed by atoms with Crippen LogP contribution in [0.25, 0.3) is 33.2 Å². The Balaban J connectivity index is 1.65. The van der Waals surface area contributed by atoms with E-state index in [1.54, 1.807) is 6.07 Å². The van der Waals surface area contributed by atoms with Gasteiger partial charge in [0, 0.05) is 34.8 Å². The Morgan fingerprint density at radius 1 is 1.14 bits per heavy atom. The number of fused-ring (bicyclic) bond motifs is 2. The van der Waals surface area contributed by atoms with Gasteiger partial charge in [0.25, 0.3) is 0 Å². The molecule has 0 aliphatic heterocycles. The molecule has 5 rings (SSSR count). The Morgan fingerprint density at radius 3 is 2.68 bits per heavy atom. The number of nitrogens with zero attached hydrogens (tertiary/aromatic N) is 3. The van der Waals surface area contributed by atoms with E-state index in [0.717, 1.165) is 33.5 Å². The Kier molecular flexibility index (Phi) is 4.00. The van der Waals surface area contributed by atoms with E-state index < -0.39 is 0 Å². The van der Waals surface area contributed by atoms with Crippen molar-refractivity contribution >= 4 is 22.1 Å². The average molecular weight is 376 g/mol. The van der Waals surface area contributed by atoms with E-state index in [-0.39, 0.29) is 11.9 Å². The second-order valence-corrected chi connectivity index (χ2v) is 8.26. The lowest BCUT2D eigenvalue weighted by atomic mass is 10.0. The summed E-state index contributed by atoms with van der Waals surface area (Å²) in [6.07, 6.45) is 6.99. The minimum absolute atomic E-state index is 0.221. The second-order valence-electron chi connectivity index (χ2n) is 8.26. The maximum absolute atomic E-state index is 14.9. The van der Waals surface area contributed by atoms with Crippen molar-refractivity contribution in [3.63, 3.8) is 0 Å². The molecule has 3 aromatic heterocycles. The maximum atomic E-state index is 14.9. The summed E-state index contributed by atoms with van der Waals surface area (Å²) in [5, 5.41) is 1.04. The lowest BCUT2D eigenvalue weighted by Gasteiger charge is -2.11. The van der Waals surface area contributed by atoms with Crippen molar-refractivity contribution in [3.8, 4) is 11.1 Å². The number of pyridine rings is 1. The van der Waals surface area contributed by atoms with Gasteiger partial charge in [-0.2, -0.15) is 0 Å². The van der Waals surface area contributed by atoms with Gasteiger partial charge in [-0.25, -0.2) is 14.4 Å². The molecule has 0 saturated heterocycles. The molecule has 1 saturated carbocycles. The van der Waals surface area contributed by atoms with Crippen molar-refractivity contribution in [2.75, 3.05) is 0 Å². The number of imidazole rings is 1. The van der Waals surface area contributed by atoms with Crippen molar-refractivity contribution in [2.24, 2.45) is 0 Å². The number of benzene rings is 1.